The first-order chi connectivity index (χ1) is 9.01. The number of hydrogen-bond acceptors (Lipinski definition) is 4. The first kappa shape index (κ1) is 14.2. The summed E-state index contributed by atoms with van der Waals surface area (Å²) in [4.78, 5) is 4.52. The smallest absolute Gasteiger partial charge is 0.0947 e. The zero-order valence-corrected chi connectivity index (χ0v) is 12.8. The highest BCUT2D eigenvalue weighted by Crippen LogP contribution is 2.26. The average molecular weight is 275 g/mol. The van der Waals surface area contributed by atoms with Crippen LogP contribution in [0.5, 0.6) is 0 Å². The molecule has 1 atom stereocenters. The normalized spacial score (nSPS) is 12.7. The standard InChI is InChI=1S/C15H21N3S/c1-9-5-10(2)15(11(3)6-9)13(18-16)7-14-17-12(4)8-19-14/h5-6,8,13,18H,7,16H2,1-4H3. The van der Waals surface area contributed by atoms with Crippen LogP contribution >= 0.6 is 11.3 Å². The van der Waals surface area contributed by atoms with Gasteiger partial charge in [0.2, 0.25) is 0 Å². The van der Waals surface area contributed by atoms with Crippen LogP contribution in [0.2, 0.25) is 0 Å². The lowest BCUT2D eigenvalue weighted by Gasteiger charge is -2.20. The fraction of sp³-hybridized carbons (Fsp3) is 0.400. The molecule has 2 aromatic rings. The van der Waals surface area contributed by atoms with E-state index in [1.807, 2.05) is 6.92 Å². The van der Waals surface area contributed by atoms with Gasteiger partial charge in [-0.3, -0.25) is 11.3 Å². The lowest BCUT2D eigenvalue weighted by molar-refractivity contribution is 0.545. The lowest BCUT2D eigenvalue weighted by Crippen LogP contribution is -2.30. The van der Waals surface area contributed by atoms with Crippen LogP contribution in [0.4, 0.5) is 0 Å². The van der Waals surface area contributed by atoms with Crippen molar-refractivity contribution in [2.45, 2.75) is 40.2 Å². The van der Waals surface area contributed by atoms with E-state index in [1.54, 1.807) is 11.3 Å². The molecular weight excluding hydrogens is 254 g/mol. The largest absolute Gasteiger partial charge is 0.271 e. The monoisotopic (exact) mass is 275 g/mol. The van der Waals surface area contributed by atoms with Crippen molar-refractivity contribution < 1.29 is 0 Å². The van der Waals surface area contributed by atoms with Gasteiger partial charge in [0.05, 0.1) is 11.0 Å². The number of nitrogens with zero attached hydrogens (tertiary/aromatic N) is 1. The topological polar surface area (TPSA) is 50.9 Å². The van der Waals surface area contributed by atoms with E-state index < -0.39 is 0 Å². The van der Waals surface area contributed by atoms with E-state index in [4.69, 9.17) is 5.84 Å². The predicted octanol–water partition coefficient (Wildman–Crippen LogP) is 3.12. The summed E-state index contributed by atoms with van der Waals surface area (Å²) in [7, 11) is 0. The highest BCUT2D eigenvalue weighted by atomic mass is 32.1. The third-order valence-corrected chi connectivity index (χ3v) is 4.32. The number of thiazole rings is 1. The molecule has 0 saturated heterocycles. The molecule has 0 radical (unpaired) electrons. The van der Waals surface area contributed by atoms with Crippen molar-refractivity contribution in [3.8, 4) is 0 Å². The molecule has 0 aliphatic carbocycles. The van der Waals surface area contributed by atoms with Crippen LogP contribution in [0.25, 0.3) is 0 Å². The maximum Gasteiger partial charge on any atom is 0.0947 e. The predicted molar refractivity (Wildman–Crippen MR) is 81.3 cm³/mol. The number of nitrogens with one attached hydrogen (secondary N) is 1. The van der Waals surface area contributed by atoms with Crippen molar-refractivity contribution in [1.82, 2.24) is 10.4 Å². The number of hydrogen-bond donors (Lipinski definition) is 2. The fourth-order valence-electron chi connectivity index (χ4n) is 2.66. The molecule has 2 rings (SSSR count). The van der Waals surface area contributed by atoms with Gasteiger partial charge in [0.25, 0.3) is 0 Å². The molecule has 1 unspecified atom stereocenters. The minimum absolute atomic E-state index is 0.117. The van der Waals surface area contributed by atoms with Crippen LogP contribution in [0, 0.1) is 27.7 Å². The minimum atomic E-state index is 0.117. The summed E-state index contributed by atoms with van der Waals surface area (Å²) in [6.45, 7) is 8.44. The van der Waals surface area contributed by atoms with Gasteiger partial charge < -0.3 is 0 Å². The Balaban J connectivity index is 2.32. The second-order valence-electron chi connectivity index (χ2n) is 5.12. The van der Waals surface area contributed by atoms with Crippen LogP contribution in [0.15, 0.2) is 17.5 Å². The maximum atomic E-state index is 5.76. The van der Waals surface area contributed by atoms with Crippen LogP contribution in [0.3, 0.4) is 0 Å². The third-order valence-electron chi connectivity index (χ3n) is 3.33. The van der Waals surface area contributed by atoms with Gasteiger partial charge in [-0.1, -0.05) is 17.7 Å². The molecule has 3 N–H and O–H groups in total. The number of benzene rings is 1. The molecule has 0 bridgehead atoms. The molecule has 19 heavy (non-hydrogen) atoms. The fourth-order valence-corrected chi connectivity index (χ4v) is 3.48. The van der Waals surface area contributed by atoms with E-state index in [-0.39, 0.29) is 6.04 Å². The maximum absolute atomic E-state index is 5.76. The second-order valence-corrected chi connectivity index (χ2v) is 6.06. The van der Waals surface area contributed by atoms with Gasteiger partial charge in [0.15, 0.2) is 0 Å². The van der Waals surface area contributed by atoms with Gasteiger partial charge in [-0.25, -0.2) is 4.98 Å². The molecule has 0 fully saturated rings. The van der Waals surface area contributed by atoms with E-state index >= 15 is 0 Å². The van der Waals surface area contributed by atoms with E-state index in [2.05, 4.69) is 48.7 Å². The number of hydrazine groups is 1. The summed E-state index contributed by atoms with van der Waals surface area (Å²) in [6.07, 6.45) is 0.833. The zero-order valence-electron chi connectivity index (χ0n) is 11.9. The van der Waals surface area contributed by atoms with Crippen LogP contribution in [0.1, 0.15) is 39.0 Å². The van der Waals surface area contributed by atoms with E-state index in [0.717, 1.165) is 17.1 Å². The molecule has 102 valence electrons. The van der Waals surface area contributed by atoms with E-state index in [1.165, 1.54) is 22.3 Å². The molecular formula is C15H21N3S. The highest BCUT2D eigenvalue weighted by molar-refractivity contribution is 7.09. The Kier molecular flexibility index (Phi) is 4.34. The van der Waals surface area contributed by atoms with Gasteiger partial charge in [-0.15, -0.1) is 11.3 Å². The van der Waals surface area contributed by atoms with Gasteiger partial charge in [0.1, 0.15) is 0 Å². The van der Waals surface area contributed by atoms with Crippen molar-refractivity contribution in [2.24, 2.45) is 5.84 Å². The highest BCUT2D eigenvalue weighted by Gasteiger charge is 2.17. The van der Waals surface area contributed by atoms with Crippen molar-refractivity contribution in [3.05, 3.63) is 50.5 Å². The van der Waals surface area contributed by atoms with Gasteiger partial charge in [0, 0.05) is 17.5 Å². The Morgan fingerprint density at radius 1 is 1.21 bits per heavy atom. The second kappa shape index (κ2) is 5.82. The molecule has 4 heteroatoms. The minimum Gasteiger partial charge on any atom is -0.271 e. The number of nitrogens with two attached hydrogens (primary N) is 1. The quantitative estimate of drug-likeness (QED) is 0.666. The summed E-state index contributed by atoms with van der Waals surface area (Å²) >= 11 is 1.70. The van der Waals surface area contributed by atoms with Crippen molar-refractivity contribution in [3.63, 3.8) is 0 Å². The first-order valence-corrected chi connectivity index (χ1v) is 7.34. The average Bonchev–Trinajstić information content (AvgIpc) is 2.72. The van der Waals surface area contributed by atoms with Crippen molar-refractivity contribution in [2.75, 3.05) is 0 Å². The van der Waals surface area contributed by atoms with Gasteiger partial charge >= 0.3 is 0 Å². The Labute approximate surface area is 118 Å². The van der Waals surface area contributed by atoms with Gasteiger partial charge in [-0.05, 0) is 44.4 Å². The third kappa shape index (κ3) is 3.21. The zero-order chi connectivity index (χ0) is 14.0. The van der Waals surface area contributed by atoms with Crippen molar-refractivity contribution in [1.29, 1.82) is 0 Å². The molecule has 1 heterocycles. The Morgan fingerprint density at radius 2 is 1.84 bits per heavy atom. The first-order valence-electron chi connectivity index (χ1n) is 6.46. The molecule has 0 aliphatic heterocycles. The van der Waals surface area contributed by atoms with Crippen LogP contribution in [-0.4, -0.2) is 4.98 Å². The number of aromatic nitrogens is 1. The summed E-state index contributed by atoms with van der Waals surface area (Å²) in [5.41, 5.74) is 9.18. The number of rotatable bonds is 4. The molecule has 0 spiro atoms. The summed E-state index contributed by atoms with van der Waals surface area (Å²) in [6, 6.07) is 4.53. The van der Waals surface area contributed by atoms with E-state index in [0.29, 0.717) is 0 Å². The summed E-state index contributed by atoms with van der Waals surface area (Å²) < 4.78 is 0. The van der Waals surface area contributed by atoms with Gasteiger partial charge in [-0.2, -0.15) is 0 Å². The molecule has 1 aromatic heterocycles. The Bertz CT molecular complexity index is 552. The Morgan fingerprint density at radius 3 is 2.32 bits per heavy atom. The van der Waals surface area contributed by atoms with E-state index in [9.17, 15) is 0 Å². The Hall–Kier alpha value is -1.23. The summed E-state index contributed by atoms with van der Waals surface area (Å²) in [5.74, 6) is 5.76. The lowest BCUT2D eigenvalue weighted by atomic mass is 9.93. The molecule has 0 amide bonds. The molecule has 1 aromatic carbocycles. The van der Waals surface area contributed by atoms with Crippen LogP contribution in [-0.2, 0) is 6.42 Å². The SMILES string of the molecule is Cc1cc(C)c(C(Cc2nc(C)cs2)NN)c(C)c1. The summed E-state index contributed by atoms with van der Waals surface area (Å²) in [5, 5.41) is 3.21. The number of aryl methyl sites for hydroxylation is 4. The molecule has 3 nitrogen and oxygen atoms in total. The molecule has 0 saturated carbocycles. The molecule has 0 aliphatic rings. The van der Waals surface area contributed by atoms with Crippen LogP contribution < -0.4 is 11.3 Å². The van der Waals surface area contributed by atoms with Crippen molar-refractivity contribution >= 4 is 11.3 Å².